The Kier molecular flexibility index (Phi) is 5.77. The predicted molar refractivity (Wildman–Crippen MR) is 83.1 cm³/mol. The van der Waals surface area contributed by atoms with Gasteiger partial charge in [-0.05, 0) is 38.8 Å². The summed E-state index contributed by atoms with van der Waals surface area (Å²) >= 11 is 0. The standard InChI is InChI=1S/C15H28N4O3/c1-2-18-8-4-12(5-9-18)17-13(20)10-19-7-3-6-15(22,11-19)14(16)21/h12,22H,2-11H2,1H3,(H2,16,21)(H,17,20). The third kappa shape index (κ3) is 4.41. The van der Waals surface area contributed by atoms with Gasteiger partial charge in [0.25, 0.3) is 5.91 Å². The highest BCUT2D eigenvalue weighted by Gasteiger charge is 2.39. The van der Waals surface area contributed by atoms with Gasteiger partial charge in [-0.15, -0.1) is 0 Å². The summed E-state index contributed by atoms with van der Waals surface area (Å²) in [6, 6.07) is 0.232. The van der Waals surface area contributed by atoms with Crippen LogP contribution in [0, 0.1) is 0 Å². The fourth-order valence-corrected chi connectivity index (χ4v) is 3.33. The van der Waals surface area contributed by atoms with Crippen molar-refractivity contribution in [2.24, 2.45) is 5.73 Å². The Morgan fingerprint density at radius 2 is 1.95 bits per heavy atom. The van der Waals surface area contributed by atoms with E-state index in [4.69, 9.17) is 5.73 Å². The van der Waals surface area contributed by atoms with Crippen LogP contribution in [-0.4, -0.2) is 77.6 Å². The van der Waals surface area contributed by atoms with Crippen LogP contribution >= 0.6 is 0 Å². The molecule has 0 aliphatic carbocycles. The first-order valence-corrected chi connectivity index (χ1v) is 8.19. The van der Waals surface area contributed by atoms with E-state index < -0.39 is 11.5 Å². The molecule has 2 aliphatic heterocycles. The van der Waals surface area contributed by atoms with E-state index in [1.54, 1.807) is 0 Å². The van der Waals surface area contributed by atoms with Crippen molar-refractivity contribution in [3.05, 3.63) is 0 Å². The molecule has 1 atom stereocenters. The average molecular weight is 312 g/mol. The highest BCUT2D eigenvalue weighted by atomic mass is 16.3. The summed E-state index contributed by atoms with van der Waals surface area (Å²) in [5.41, 5.74) is 3.75. The normalized spacial score (nSPS) is 28.5. The number of hydrogen-bond acceptors (Lipinski definition) is 5. The summed E-state index contributed by atoms with van der Waals surface area (Å²) in [4.78, 5) is 27.7. The third-order valence-corrected chi connectivity index (χ3v) is 4.78. The molecule has 2 amide bonds. The summed E-state index contributed by atoms with van der Waals surface area (Å²) in [5, 5.41) is 13.2. The first kappa shape index (κ1) is 17.2. The van der Waals surface area contributed by atoms with Crippen molar-refractivity contribution in [2.75, 3.05) is 39.3 Å². The van der Waals surface area contributed by atoms with Gasteiger partial charge in [-0.25, -0.2) is 0 Å². The number of nitrogens with zero attached hydrogens (tertiary/aromatic N) is 2. The first-order chi connectivity index (χ1) is 10.4. The van der Waals surface area contributed by atoms with E-state index in [1.807, 2.05) is 4.90 Å². The Morgan fingerprint density at radius 3 is 2.55 bits per heavy atom. The van der Waals surface area contributed by atoms with E-state index in [9.17, 15) is 14.7 Å². The second-order valence-corrected chi connectivity index (χ2v) is 6.49. The molecule has 0 radical (unpaired) electrons. The van der Waals surface area contributed by atoms with Gasteiger partial charge in [0, 0.05) is 25.7 Å². The lowest BCUT2D eigenvalue weighted by molar-refractivity contribution is -0.143. The molecular weight excluding hydrogens is 284 g/mol. The lowest BCUT2D eigenvalue weighted by Crippen LogP contribution is -2.57. The monoisotopic (exact) mass is 312 g/mol. The van der Waals surface area contributed by atoms with Gasteiger partial charge in [0.15, 0.2) is 5.60 Å². The highest BCUT2D eigenvalue weighted by molar-refractivity contribution is 5.84. The lowest BCUT2D eigenvalue weighted by Gasteiger charge is -2.37. The van der Waals surface area contributed by atoms with Gasteiger partial charge < -0.3 is 21.1 Å². The molecule has 2 fully saturated rings. The van der Waals surface area contributed by atoms with E-state index in [2.05, 4.69) is 17.1 Å². The molecule has 2 rings (SSSR count). The quantitative estimate of drug-likeness (QED) is 0.598. The minimum absolute atomic E-state index is 0.0383. The number of carbonyl (C=O) groups excluding carboxylic acids is 2. The van der Waals surface area contributed by atoms with Crippen molar-refractivity contribution in [3.63, 3.8) is 0 Å². The Bertz CT molecular complexity index is 410. The Morgan fingerprint density at radius 1 is 1.27 bits per heavy atom. The maximum absolute atomic E-state index is 12.1. The zero-order valence-electron chi connectivity index (χ0n) is 13.4. The molecule has 0 bridgehead atoms. The number of primary amides is 1. The van der Waals surface area contributed by atoms with E-state index in [1.165, 1.54) is 0 Å². The van der Waals surface area contributed by atoms with Crippen LogP contribution in [0.1, 0.15) is 32.6 Å². The second-order valence-electron chi connectivity index (χ2n) is 6.49. The number of likely N-dealkylation sites (tertiary alicyclic amines) is 2. The summed E-state index contributed by atoms with van der Waals surface area (Å²) in [5.74, 6) is -0.742. The molecule has 2 aliphatic rings. The maximum Gasteiger partial charge on any atom is 0.250 e. The van der Waals surface area contributed by atoms with Crippen LogP contribution in [0.2, 0.25) is 0 Å². The van der Waals surface area contributed by atoms with Crippen molar-refractivity contribution < 1.29 is 14.7 Å². The molecule has 0 saturated carbocycles. The maximum atomic E-state index is 12.1. The van der Waals surface area contributed by atoms with Gasteiger partial charge in [0.05, 0.1) is 6.54 Å². The lowest BCUT2D eigenvalue weighted by atomic mass is 9.92. The fraction of sp³-hybridized carbons (Fsp3) is 0.867. The number of hydrogen-bond donors (Lipinski definition) is 3. The highest BCUT2D eigenvalue weighted by Crippen LogP contribution is 2.20. The van der Waals surface area contributed by atoms with E-state index >= 15 is 0 Å². The summed E-state index contributed by atoms with van der Waals surface area (Å²) in [6.07, 6.45) is 2.99. The minimum atomic E-state index is -1.50. The molecule has 7 heteroatoms. The number of β-amino-alcohol motifs (C(OH)–C–C–N with tert-alkyl or cyclic N) is 1. The molecule has 4 N–H and O–H groups in total. The van der Waals surface area contributed by atoms with E-state index in [0.29, 0.717) is 19.4 Å². The third-order valence-electron chi connectivity index (χ3n) is 4.78. The summed E-state index contributed by atoms with van der Waals surface area (Å²) < 4.78 is 0. The van der Waals surface area contributed by atoms with Crippen LogP contribution in [0.15, 0.2) is 0 Å². The molecule has 2 heterocycles. The Hall–Kier alpha value is -1.18. The van der Waals surface area contributed by atoms with Crippen LogP contribution in [-0.2, 0) is 9.59 Å². The Balaban J connectivity index is 1.76. The van der Waals surface area contributed by atoms with Crippen molar-refractivity contribution in [1.29, 1.82) is 0 Å². The second kappa shape index (κ2) is 7.39. The van der Waals surface area contributed by atoms with Gasteiger partial charge in [-0.2, -0.15) is 0 Å². The van der Waals surface area contributed by atoms with Gasteiger partial charge in [-0.3, -0.25) is 14.5 Å². The fourth-order valence-electron chi connectivity index (χ4n) is 3.33. The van der Waals surface area contributed by atoms with Gasteiger partial charge >= 0.3 is 0 Å². The van der Waals surface area contributed by atoms with Crippen LogP contribution in [0.5, 0.6) is 0 Å². The molecule has 0 aromatic heterocycles. The molecule has 22 heavy (non-hydrogen) atoms. The van der Waals surface area contributed by atoms with Gasteiger partial charge in [-0.1, -0.05) is 6.92 Å². The van der Waals surface area contributed by atoms with E-state index in [-0.39, 0.29) is 25.0 Å². The molecule has 7 nitrogen and oxygen atoms in total. The molecular formula is C15H28N4O3. The zero-order valence-corrected chi connectivity index (χ0v) is 13.4. The van der Waals surface area contributed by atoms with Crippen LogP contribution in [0.25, 0.3) is 0 Å². The SMILES string of the molecule is CCN1CCC(NC(=O)CN2CCCC(O)(C(N)=O)C2)CC1. The van der Waals surface area contributed by atoms with Gasteiger partial charge in [0.2, 0.25) is 5.91 Å². The average Bonchev–Trinajstić information content (AvgIpc) is 2.48. The van der Waals surface area contributed by atoms with E-state index in [0.717, 1.165) is 32.5 Å². The van der Waals surface area contributed by atoms with Crippen molar-refractivity contribution >= 4 is 11.8 Å². The molecule has 0 aromatic carbocycles. The largest absolute Gasteiger partial charge is 0.379 e. The Labute approximate surface area is 131 Å². The molecule has 0 aromatic rings. The van der Waals surface area contributed by atoms with Gasteiger partial charge in [0.1, 0.15) is 0 Å². The van der Waals surface area contributed by atoms with Crippen molar-refractivity contribution in [1.82, 2.24) is 15.1 Å². The smallest absolute Gasteiger partial charge is 0.250 e. The number of nitrogens with two attached hydrogens (primary N) is 1. The minimum Gasteiger partial charge on any atom is -0.379 e. The number of carbonyl (C=O) groups is 2. The number of amides is 2. The first-order valence-electron chi connectivity index (χ1n) is 8.19. The van der Waals surface area contributed by atoms with Crippen LogP contribution in [0.4, 0.5) is 0 Å². The molecule has 1 unspecified atom stereocenters. The molecule has 0 spiro atoms. The summed E-state index contributed by atoms with van der Waals surface area (Å²) in [6.45, 7) is 6.30. The number of nitrogens with one attached hydrogen (secondary N) is 1. The zero-order chi connectivity index (χ0) is 16.2. The summed E-state index contributed by atoms with van der Waals surface area (Å²) in [7, 11) is 0. The number of piperidine rings is 2. The molecule has 126 valence electrons. The predicted octanol–water partition coefficient (Wildman–Crippen LogP) is -1.10. The van der Waals surface area contributed by atoms with Crippen molar-refractivity contribution in [3.8, 4) is 0 Å². The molecule has 2 saturated heterocycles. The topological polar surface area (TPSA) is 98.9 Å². The van der Waals surface area contributed by atoms with Crippen LogP contribution in [0.3, 0.4) is 0 Å². The number of rotatable bonds is 5. The van der Waals surface area contributed by atoms with Crippen molar-refractivity contribution in [2.45, 2.75) is 44.2 Å². The van der Waals surface area contributed by atoms with Crippen LogP contribution < -0.4 is 11.1 Å². The number of aliphatic hydroxyl groups is 1.